The van der Waals surface area contributed by atoms with Crippen LogP contribution in [0.25, 0.3) is 0 Å². The third kappa shape index (κ3) is 9.75. The minimum atomic E-state index is -0.932. The van der Waals surface area contributed by atoms with Crippen LogP contribution in [-0.4, -0.2) is 67.6 Å². The molecule has 3 rings (SSSR count). The van der Waals surface area contributed by atoms with Gasteiger partial charge in [-0.25, -0.2) is 4.79 Å². The Morgan fingerprint density at radius 1 is 1.13 bits per heavy atom. The molecule has 210 valence electrons. The molecule has 2 aromatic rings. The first kappa shape index (κ1) is 30.3. The summed E-state index contributed by atoms with van der Waals surface area (Å²) < 4.78 is 23.8. The Morgan fingerprint density at radius 3 is 2.49 bits per heavy atom. The third-order valence-electron chi connectivity index (χ3n) is 5.14. The van der Waals surface area contributed by atoms with Gasteiger partial charge in [0.1, 0.15) is 17.1 Å². The summed E-state index contributed by atoms with van der Waals surface area (Å²) >= 11 is 1.39. The van der Waals surface area contributed by atoms with Gasteiger partial charge in [0.2, 0.25) is 5.91 Å². The van der Waals surface area contributed by atoms with Crippen LogP contribution in [-0.2, 0) is 23.3 Å². The molecule has 1 atom stereocenters. The summed E-state index contributed by atoms with van der Waals surface area (Å²) in [5.74, 6) is -1.65. The molecule has 0 saturated carbocycles. The van der Waals surface area contributed by atoms with Crippen LogP contribution < -0.4 is 20.1 Å². The molecule has 0 aromatic heterocycles. The summed E-state index contributed by atoms with van der Waals surface area (Å²) in [4.78, 5) is 51.0. The van der Waals surface area contributed by atoms with Crippen molar-refractivity contribution in [2.75, 3.05) is 45.3 Å². The molecule has 1 aliphatic heterocycles. The molecule has 1 N–H and O–H groups in total. The Bertz CT molecular complexity index is 1160. The zero-order chi connectivity index (χ0) is 28.2. The second-order valence-electron chi connectivity index (χ2n) is 7.98. The third-order valence-corrected chi connectivity index (χ3v) is 9.28. The van der Waals surface area contributed by atoms with Gasteiger partial charge in [-0.2, -0.15) is 0 Å². The van der Waals surface area contributed by atoms with Crippen LogP contribution >= 0.6 is 18.9 Å². The lowest BCUT2D eigenvalue weighted by molar-refractivity contribution is -0.757. The lowest BCUT2D eigenvalue weighted by atomic mass is 10.1. The number of hydrogen-bond donors (Lipinski definition) is 1. The largest absolute Gasteiger partial charge is 0.426 e. The van der Waals surface area contributed by atoms with E-state index in [1.54, 1.807) is 19.2 Å². The van der Waals surface area contributed by atoms with Gasteiger partial charge in [0, 0.05) is 55.2 Å². The van der Waals surface area contributed by atoms with E-state index in [2.05, 4.69) is 14.8 Å². The van der Waals surface area contributed by atoms with Crippen molar-refractivity contribution >= 4 is 47.8 Å². The maximum absolute atomic E-state index is 12.9. The van der Waals surface area contributed by atoms with E-state index in [0.717, 1.165) is 18.4 Å². The van der Waals surface area contributed by atoms with E-state index in [0.29, 0.717) is 19.0 Å². The van der Waals surface area contributed by atoms with Crippen LogP contribution in [0.4, 0.5) is 5.69 Å². The van der Waals surface area contributed by atoms with Gasteiger partial charge in [0.25, 0.3) is 5.09 Å². The monoisotopic (exact) mass is 581 g/mol. The molecule has 39 heavy (non-hydrogen) atoms. The number of hydrogen-bond acceptors (Lipinski definition) is 12. The van der Waals surface area contributed by atoms with Crippen LogP contribution in [0.2, 0.25) is 0 Å². The van der Waals surface area contributed by atoms with Gasteiger partial charge in [-0.3, -0.25) is 14.3 Å². The molecule has 1 saturated heterocycles. The molecule has 13 nitrogen and oxygen atoms in total. The van der Waals surface area contributed by atoms with E-state index in [1.807, 2.05) is 12.1 Å². The van der Waals surface area contributed by atoms with Gasteiger partial charge in [-0.1, -0.05) is 0 Å². The van der Waals surface area contributed by atoms with E-state index in [4.69, 9.17) is 18.4 Å². The zero-order valence-electron chi connectivity index (χ0n) is 21.3. The Hall–Kier alpha value is -3.29. The van der Waals surface area contributed by atoms with E-state index < -0.39 is 30.2 Å². The highest BCUT2D eigenvalue weighted by molar-refractivity contribution is 8.54. The first-order valence-corrected chi connectivity index (χ1v) is 14.5. The van der Waals surface area contributed by atoms with Crippen LogP contribution in [0.5, 0.6) is 11.5 Å². The predicted octanol–water partition coefficient (Wildman–Crippen LogP) is 3.32. The van der Waals surface area contributed by atoms with Gasteiger partial charge >= 0.3 is 11.9 Å². The van der Waals surface area contributed by atoms with Crippen LogP contribution in [0.3, 0.4) is 0 Å². The Labute approximate surface area is 229 Å². The van der Waals surface area contributed by atoms with Crippen molar-refractivity contribution in [2.24, 2.45) is 0 Å². The minimum Gasteiger partial charge on any atom is -0.426 e. The van der Waals surface area contributed by atoms with Crippen molar-refractivity contribution in [1.82, 2.24) is 4.67 Å². The number of carbonyl (C=O) groups is 3. The molecule has 1 heterocycles. The number of ether oxygens (including phenoxy) is 3. The van der Waals surface area contributed by atoms with Gasteiger partial charge in [0.15, 0.2) is 0 Å². The number of rotatable bonds is 13. The van der Waals surface area contributed by atoms with Crippen LogP contribution in [0.15, 0.2) is 42.5 Å². The average Bonchev–Trinajstić information content (AvgIpc) is 2.90. The molecule has 0 radical (unpaired) electrons. The zero-order valence-corrected chi connectivity index (χ0v) is 23.0. The Morgan fingerprint density at radius 2 is 1.85 bits per heavy atom. The molecule has 1 aliphatic rings. The Kier molecular flexibility index (Phi) is 11.9. The summed E-state index contributed by atoms with van der Waals surface area (Å²) in [6, 6.07) is 11.3. The first-order chi connectivity index (χ1) is 18.8. The van der Waals surface area contributed by atoms with Crippen molar-refractivity contribution in [3.05, 3.63) is 58.1 Å². The number of esters is 2. The smallest absolute Gasteiger partial charge is 0.347 e. The van der Waals surface area contributed by atoms with Crippen LogP contribution in [0, 0.1) is 10.1 Å². The summed E-state index contributed by atoms with van der Waals surface area (Å²) in [5.41, 5.74) is 0.247. The number of amides is 1. The van der Waals surface area contributed by atoms with Crippen LogP contribution in [0.1, 0.15) is 30.1 Å². The van der Waals surface area contributed by atoms with Crippen molar-refractivity contribution in [3.63, 3.8) is 0 Å². The van der Waals surface area contributed by atoms with E-state index >= 15 is 0 Å². The highest BCUT2D eigenvalue weighted by Gasteiger charge is 2.24. The van der Waals surface area contributed by atoms with Gasteiger partial charge in [-0.15, -0.1) is 10.1 Å². The molecule has 0 spiro atoms. The topological polar surface area (TPSA) is 156 Å². The second kappa shape index (κ2) is 15.3. The molecule has 15 heteroatoms. The standard InChI is InChI=1S/C24H28N3O10PS/c1-17(28)36-22-16-18(25-23(29)4-3-13-35-27(31)32)5-10-21(22)24(30)37-19-6-8-20(9-7-19)38(39-33-2)26-11-14-34-15-12-26/h5-10,16H,3-4,11-15H2,1-2H3,(H,25,29). The molecule has 0 bridgehead atoms. The Balaban J connectivity index is 1.67. The fraction of sp³-hybridized carbons (Fsp3) is 0.375. The number of nitrogens with zero attached hydrogens (tertiary/aromatic N) is 2. The molecular weight excluding hydrogens is 553 g/mol. The molecule has 1 fully saturated rings. The van der Waals surface area contributed by atoms with E-state index in [9.17, 15) is 24.5 Å². The summed E-state index contributed by atoms with van der Waals surface area (Å²) in [6.45, 7) is 3.87. The minimum absolute atomic E-state index is 0.0165. The molecule has 2 aromatic carbocycles. The number of anilines is 1. The summed E-state index contributed by atoms with van der Waals surface area (Å²) in [5, 5.41) is 12.9. The van der Waals surface area contributed by atoms with Crippen molar-refractivity contribution in [2.45, 2.75) is 19.8 Å². The van der Waals surface area contributed by atoms with Gasteiger partial charge in [0.05, 0.1) is 34.2 Å². The summed E-state index contributed by atoms with van der Waals surface area (Å²) in [7, 11) is 0.821. The number of nitrogens with one attached hydrogen (secondary N) is 1. The van der Waals surface area contributed by atoms with Gasteiger partial charge in [-0.05, 0) is 42.8 Å². The van der Waals surface area contributed by atoms with Gasteiger partial charge < -0.3 is 28.5 Å². The van der Waals surface area contributed by atoms with Crippen molar-refractivity contribution < 1.29 is 42.7 Å². The highest BCUT2D eigenvalue weighted by Crippen LogP contribution is 2.52. The molecule has 1 amide bonds. The average molecular weight is 582 g/mol. The molecule has 1 unspecified atom stereocenters. The lowest BCUT2D eigenvalue weighted by Crippen LogP contribution is -2.34. The first-order valence-electron chi connectivity index (χ1n) is 11.8. The normalized spacial score (nSPS) is 14.2. The number of carbonyl (C=O) groups excluding carboxylic acids is 3. The second-order valence-corrected chi connectivity index (χ2v) is 11.6. The number of benzene rings is 2. The van der Waals surface area contributed by atoms with Crippen molar-refractivity contribution in [1.29, 1.82) is 0 Å². The quantitative estimate of drug-likeness (QED) is 0.0701. The fourth-order valence-electron chi connectivity index (χ4n) is 3.47. The SMILES string of the molecule is COSP(c1ccc(OC(=O)c2ccc(NC(=O)CCCO[N+](=O)[O-])cc2OC(C)=O)cc1)N1CCOCC1. The predicted molar refractivity (Wildman–Crippen MR) is 144 cm³/mol. The van der Waals surface area contributed by atoms with E-state index in [1.165, 1.54) is 36.8 Å². The summed E-state index contributed by atoms with van der Waals surface area (Å²) in [6.07, 6.45) is 0.0957. The number of morpholine rings is 1. The maximum Gasteiger partial charge on any atom is 0.347 e. The highest BCUT2D eigenvalue weighted by atomic mass is 32.7. The maximum atomic E-state index is 12.9. The lowest BCUT2D eigenvalue weighted by Gasteiger charge is -2.32. The molecular formula is C24H28N3O10PS. The molecule has 0 aliphatic carbocycles. The van der Waals surface area contributed by atoms with E-state index in [-0.39, 0.29) is 36.4 Å². The fourth-order valence-corrected chi connectivity index (χ4v) is 6.87. The van der Waals surface area contributed by atoms with Crippen molar-refractivity contribution in [3.8, 4) is 11.5 Å².